The molecule has 0 amide bonds. The van der Waals surface area contributed by atoms with Gasteiger partial charge in [0, 0.05) is 9.37 Å². The molecule has 1 aromatic heterocycles. The van der Waals surface area contributed by atoms with Crippen molar-refractivity contribution in [1.82, 2.24) is 9.97 Å². The molecule has 1 aromatic carbocycles. The molecule has 0 bridgehead atoms. The zero-order valence-corrected chi connectivity index (χ0v) is 12.5. The minimum Gasteiger partial charge on any atom is -0.298 e. The van der Waals surface area contributed by atoms with Gasteiger partial charge in [-0.05, 0) is 35.0 Å². The number of nitrogens with zero attached hydrogens (tertiary/aromatic N) is 2. The summed E-state index contributed by atoms with van der Waals surface area (Å²) in [6.07, 6.45) is 0.681. The summed E-state index contributed by atoms with van der Waals surface area (Å²) in [7, 11) is 0. The van der Waals surface area contributed by atoms with Crippen molar-refractivity contribution in [2.24, 2.45) is 0 Å². The Morgan fingerprint density at radius 3 is 2.72 bits per heavy atom. The lowest BCUT2D eigenvalue weighted by Gasteiger charge is -2.07. The number of aryl methyl sites for hydroxylation is 1. The monoisotopic (exact) mass is 342 g/mol. The van der Waals surface area contributed by atoms with Crippen LogP contribution in [0.15, 0.2) is 38.7 Å². The number of rotatable bonds is 3. The maximum atomic E-state index is 11.0. The van der Waals surface area contributed by atoms with Gasteiger partial charge in [-0.15, -0.1) is 0 Å². The quantitative estimate of drug-likeness (QED) is 0.620. The summed E-state index contributed by atoms with van der Waals surface area (Å²) in [6, 6.07) is 7.71. The van der Waals surface area contributed by atoms with E-state index in [-0.39, 0.29) is 5.15 Å². The first-order valence-corrected chi connectivity index (χ1v) is 7.02. The molecule has 18 heavy (non-hydrogen) atoms. The lowest BCUT2D eigenvalue weighted by atomic mass is 10.4. The van der Waals surface area contributed by atoms with Crippen LogP contribution in [0.3, 0.4) is 0 Å². The molecule has 0 radical (unpaired) electrons. The summed E-state index contributed by atoms with van der Waals surface area (Å²) in [6.45, 7) is 1.74. The van der Waals surface area contributed by atoms with Gasteiger partial charge < -0.3 is 0 Å². The average molecular weight is 344 g/mol. The molecule has 0 fully saturated rings. The van der Waals surface area contributed by atoms with Crippen LogP contribution in [-0.2, 0) is 0 Å². The fraction of sp³-hybridized carbons (Fsp3) is 0.0833. The highest BCUT2D eigenvalue weighted by atomic mass is 79.9. The Morgan fingerprint density at radius 1 is 1.33 bits per heavy atom. The van der Waals surface area contributed by atoms with Gasteiger partial charge in [0.15, 0.2) is 6.29 Å². The van der Waals surface area contributed by atoms with Crippen LogP contribution in [-0.4, -0.2) is 16.3 Å². The Morgan fingerprint density at radius 2 is 2.06 bits per heavy atom. The third-order valence-electron chi connectivity index (χ3n) is 2.14. The zero-order valence-electron chi connectivity index (χ0n) is 9.35. The molecule has 0 unspecified atom stereocenters. The van der Waals surface area contributed by atoms with Crippen molar-refractivity contribution < 1.29 is 4.79 Å². The van der Waals surface area contributed by atoms with E-state index in [1.807, 2.05) is 24.3 Å². The molecular weight excluding hydrogens is 336 g/mol. The molecule has 0 N–H and O–H groups in total. The van der Waals surface area contributed by atoms with Gasteiger partial charge in [-0.3, -0.25) is 4.79 Å². The van der Waals surface area contributed by atoms with E-state index in [9.17, 15) is 4.79 Å². The average Bonchev–Trinajstić information content (AvgIpc) is 2.31. The first-order valence-electron chi connectivity index (χ1n) is 5.03. The van der Waals surface area contributed by atoms with E-state index in [4.69, 9.17) is 11.6 Å². The topological polar surface area (TPSA) is 42.9 Å². The Bertz CT molecular complexity index is 607. The standard InChI is InChI=1S/C12H8BrClN2OS/c1-7-15-11(14)8(6-17)12(16-7)18-10-5-3-2-4-9(10)13/h2-6H,1H3. The highest BCUT2D eigenvalue weighted by Gasteiger charge is 2.13. The van der Waals surface area contributed by atoms with Crippen molar-refractivity contribution in [1.29, 1.82) is 0 Å². The number of aldehydes is 1. The minimum atomic E-state index is 0.187. The second-order valence-electron chi connectivity index (χ2n) is 3.43. The zero-order chi connectivity index (χ0) is 13.1. The molecule has 0 saturated heterocycles. The lowest BCUT2D eigenvalue weighted by Crippen LogP contribution is -1.98. The highest BCUT2D eigenvalue weighted by molar-refractivity contribution is 9.10. The molecular formula is C12H8BrClN2OS. The van der Waals surface area contributed by atoms with Crippen molar-refractivity contribution in [2.45, 2.75) is 16.8 Å². The lowest BCUT2D eigenvalue weighted by molar-refractivity contribution is 0.112. The summed E-state index contributed by atoms with van der Waals surface area (Å²) in [4.78, 5) is 20.2. The first kappa shape index (κ1) is 13.5. The highest BCUT2D eigenvalue weighted by Crippen LogP contribution is 2.34. The maximum absolute atomic E-state index is 11.0. The van der Waals surface area contributed by atoms with E-state index in [1.165, 1.54) is 11.8 Å². The molecule has 0 atom stereocenters. The largest absolute Gasteiger partial charge is 0.298 e. The molecule has 1 heterocycles. The van der Waals surface area contributed by atoms with E-state index in [1.54, 1.807) is 6.92 Å². The predicted octanol–water partition coefficient (Wildman–Crippen LogP) is 4.16. The van der Waals surface area contributed by atoms with Crippen LogP contribution in [0, 0.1) is 6.92 Å². The van der Waals surface area contributed by atoms with Crippen LogP contribution < -0.4 is 0 Å². The van der Waals surface area contributed by atoms with Crippen LogP contribution in [0.25, 0.3) is 0 Å². The van der Waals surface area contributed by atoms with Gasteiger partial charge in [0.25, 0.3) is 0 Å². The fourth-order valence-electron chi connectivity index (χ4n) is 1.33. The van der Waals surface area contributed by atoms with Crippen LogP contribution in [0.2, 0.25) is 5.15 Å². The van der Waals surface area contributed by atoms with Gasteiger partial charge in [-0.25, -0.2) is 9.97 Å². The van der Waals surface area contributed by atoms with Crippen LogP contribution in [0.1, 0.15) is 16.2 Å². The molecule has 0 aliphatic heterocycles. The summed E-state index contributed by atoms with van der Waals surface area (Å²) >= 11 is 10.8. The Hall–Kier alpha value is -0.910. The molecule has 3 nitrogen and oxygen atoms in total. The summed E-state index contributed by atoms with van der Waals surface area (Å²) < 4.78 is 0.944. The van der Waals surface area contributed by atoms with Gasteiger partial charge in [-0.1, -0.05) is 35.5 Å². The number of carbonyl (C=O) groups is 1. The van der Waals surface area contributed by atoms with E-state index >= 15 is 0 Å². The molecule has 0 saturated carbocycles. The van der Waals surface area contributed by atoms with Crippen molar-refractivity contribution in [3.8, 4) is 0 Å². The number of hydrogen-bond acceptors (Lipinski definition) is 4. The van der Waals surface area contributed by atoms with E-state index in [0.717, 1.165) is 9.37 Å². The molecule has 0 aliphatic carbocycles. The van der Waals surface area contributed by atoms with Gasteiger partial charge in [-0.2, -0.15) is 0 Å². The van der Waals surface area contributed by atoms with E-state index in [2.05, 4.69) is 25.9 Å². The number of carbonyl (C=O) groups excluding carboxylic acids is 1. The van der Waals surface area contributed by atoms with Crippen LogP contribution in [0.5, 0.6) is 0 Å². The Kier molecular flexibility index (Phi) is 4.37. The SMILES string of the molecule is Cc1nc(Cl)c(C=O)c(Sc2ccccc2Br)n1. The number of benzene rings is 1. The van der Waals surface area contributed by atoms with Crippen molar-refractivity contribution >= 4 is 45.6 Å². The molecule has 0 aliphatic rings. The van der Waals surface area contributed by atoms with Crippen LogP contribution in [0.4, 0.5) is 0 Å². The van der Waals surface area contributed by atoms with Crippen molar-refractivity contribution in [3.05, 3.63) is 45.3 Å². The third-order valence-corrected chi connectivity index (χ3v) is 4.46. The first-order chi connectivity index (χ1) is 8.61. The molecule has 2 aromatic rings. The molecule has 92 valence electrons. The van der Waals surface area contributed by atoms with E-state index in [0.29, 0.717) is 22.7 Å². The predicted molar refractivity (Wildman–Crippen MR) is 75.4 cm³/mol. The molecule has 0 spiro atoms. The number of hydrogen-bond donors (Lipinski definition) is 0. The number of halogens is 2. The summed E-state index contributed by atoms with van der Waals surface area (Å²) in [5, 5.41) is 0.751. The maximum Gasteiger partial charge on any atom is 0.155 e. The van der Waals surface area contributed by atoms with Crippen LogP contribution >= 0.6 is 39.3 Å². The summed E-state index contributed by atoms with van der Waals surface area (Å²) in [5.74, 6) is 0.542. The second kappa shape index (κ2) is 5.82. The second-order valence-corrected chi connectivity index (χ2v) is 5.67. The Labute approximate surface area is 122 Å². The van der Waals surface area contributed by atoms with Crippen molar-refractivity contribution in [3.63, 3.8) is 0 Å². The van der Waals surface area contributed by atoms with E-state index < -0.39 is 0 Å². The van der Waals surface area contributed by atoms with Crippen molar-refractivity contribution in [2.75, 3.05) is 0 Å². The normalized spacial score (nSPS) is 10.4. The molecule has 6 heteroatoms. The van der Waals surface area contributed by atoms with Gasteiger partial charge in [0.1, 0.15) is 16.0 Å². The number of aromatic nitrogens is 2. The molecule has 2 rings (SSSR count). The Balaban J connectivity index is 2.46. The van der Waals surface area contributed by atoms with Gasteiger partial charge in [0.2, 0.25) is 0 Å². The third kappa shape index (κ3) is 2.91. The fourth-order valence-corrected chi connectivity index (χ4v) is 3.12. The smallest absolute Gasteiger partial charge is 0.155 e. The van der Waals surface area contributed by atoms with Gasteiger partial charge >= 0.3 is 0 Å². The summed E-state index contributed by atoms with van der Waals surface area (Å²) in [5.41, 5.74) is 0.322. The minimum absolute atomic E-state index is 0.187. The van der Waals surface area contributed by atoms with Gasteiger partial charge in [0.05, 0.1) is 5.56 Å².